The van der Waals surface area contributed by atoms with Crippen molar-refractivity contribution in [1.82, 2.24) is 4.90 Å². The molecule has 0 aliphatic heterocycles. The molecule has 1 unspecified atom stereocenters. The van der Waals surface area contributed by atoms with Crippen molar-refractivity contribution < 1.29 is 9.00 Å². The maximum atomic E-state index is 12.5. The van der Waals surface area contributed by atoms with Crippen LogP contribution in [0.25, 0.3) is 0 Å². The molecule has 0 heterocycles. The van der Waals surface area contributed by atoms with Gasteiger partial charge in [-0.3, -0.25) is 4.79 Å². The van der Waals surface area contributed by atoms with Crippen LogP contribution in [0, 0.1) is 5.92 Å². The van der Waals surface area contributed by atoms with Gasteiger partial charge in [0.1, 0.15) is 10.2 Å². The Morgan fingerprint density at radius 2 is 1.95 bits per heavy atom. The Hall–Kier alpha value is -0.940. The van der Waals surface area contributed by atoms with Crippen LogP contribution in [0.15, 0.2) is 30.3 Å². The second-order valence-corrected chi connectivity index (χ2v) is 8.23. The average molecular weight is 313 g/mol. The van der Waals surface area contributed by atoms with Gasteiger partial charge in [0.05, 0.1) is 0 Å². The van der Waals surface area contributed by atoms with Gasteiger partial charge in [0.25, 0.3) is 5.24 Å². The molecule has 1 aromatic carbocycles. The van der Waals surface area contributed by atoms with E-state index in [9.17, 15) is 9.00 Å². The van der Waals surface area contributed by atoms with Crippen molar-refractivity contribution in [2.75, 3.05) is 13.1 Å². The molecule has 0 aliphatic carbocycles. The van der Waals surface area contributed by atoms with E-state index >= 15 is 0 Å². The number of carbonyl (C=O) groups excluding carboxylic acids is 1. The lowest BCUT2D eigenvalue weighted by Gasteiger charge is -2.24. The van der Waals surface area contributed by atoms with Crippen LogP contribution < -0.4 is 0 Å². The van der Waals surface area contributed by atoms with Gasteiger partial charge in [0.15, 0.2) is 0 Å². The molecule has 0 radical (unpaired) electrons. The maximum Gasteiger partial charge on any atom is 0.288 e. The summed E-state index contributed by atoms with van der Waals surface area (Å²) in [5.74, 6) is 0.955. The highest BCUT2D eigenvalue weighted by Crippen LogP contribution is 2.10. The summed E-state index contributed by atoms with van der Waals surface area (Å²) < 4.78 is 11.4. The monoisotopic (exact) mass is 313 g/mol. The van der Waals surface area contributed by atoms with Crippen LogP contribution in [-0.4, -0.2) is 27.4 Å². The van der Waals surface area contributed by atoms with Gasteiger partial charge in [-0.05, 0) is 17.9 Å². The minimum atomic E-state index is -0.827. The SMILES string of the molecule is CCCN(CC(C)C)C(=O)S(Cc1ccccc1)=S=O. The largest absolute Gasteiger partial charge is 0.333 e. The highest BCUT2D eigenvalue weighted by Gasteiger charge is 2.19. The first-order chi connectivity index (χ1) is 9.58. The fraction of sp³-hybridized carbons (Fsp3) is 0.533. The summed E-state index contributed by atoms with van der Waals surface area (Å²) in [7, 11) is -0.386. The number of carbonyl (C=O) groups is 1. The predicted molar refractivity (Wildman–Crippen MR) is 87.8 cm³/mol. The quantitative estimate of drug-likeness (QED) is 0.807. The molecule has 1 atom stereocenters. The van der Waals surface area contributed by atoms with Crippen molar-refractivity contribution in [3.63, 3.8) is 0 Å². The van der Waals surface area contributed by atoms with E-state index in [1.807, 2.05) is 35.2 Å². The summed E-state index contributed by atoms with van der Waals surface area (Å²) in [6.45, 7) is 7.70. The van der Waals surface area contributed by atoms with Crippen molar-refractivity contribution in [2.24, 2.45) is 5.92 Å². The van der Waals surface area contributed by atoms with Gasteiger partial charge >= 0.3 is 0 Å². The van der Waals surface area contributed by atoms with Gasteiger partial charge < -0.3 is 4.90 Å². The van der Waals surface area contributed by atoms with Crippen LogP contribution in [-0.2, 0) is 25.4 Å². The van der Waals surface area contributed by atoms with E-state index in [0.29, 0.717) is 21.9 Å². The predicted octanol–water partition coefficient (Wildman–Crippen LogP) is 3.42. The molecule has 3 nitrogen and oxygen atoms in total. The number of benzene rings is 1. The van der Waals surface area contributed by atoms with Gasteiger partial charge in [-0.1, -0.05) is 51.1 Å². The molecule has 0 bridgehead atoms. The summed E-state index contributed by atoms with van der Waals surface area (Å²) in [6, 6.07) is 9.76. The van der Waals surface area contributed by atoms with Gasteiger partial charge in [0.2, 0.25) is 0 Å². The van der Waals surface area contributed by atoms with E-state index in [2.05, 4.69) is 20.8 Å². The number of rotatable bonds is 6. The number of hydrogen-bond donors (Lipinski definition) is 0. The third-order valence-electron chi connectivity index (χ3n) is 2.75. The fourth-order valence-electron chi connectivity index (χ4n) is 1.95. The summed E-state index contributed by atoms with van der Waals surface area (Å²) in [5, 5.41) is 0.00408. The highest BCUT2D eigenvalue weighted by atomic mass is 32.8. The molecular weight excluding hydrogens is 290 g/mol. The third kappa shape index (κ3) is 5.59. The second-order valence-electron chi connectivity index (χ2n) is 5.15. The van der Waals surface area contributed by atoms with Gasteiger partial charge in [-0.15, -0.1) is 0 Å². The Kier molecular flexibility index (Phi) is 7.77. The molecule has 20 heavy (non-hydrogen) atoms. The second kappa shape index (κ2) is 9.08. The summed E-state index contributed by atoms with van der Waals surface area (Å²) in [4.78, 5) is 14.4. The van der Waals surface area contributed by atoms with E-state index in [-0.39, 0.29) is 5.24 Å². The lowest BCUT2D eigenvalue weighted by Crippen LogP contribution is -2.36. The molecule has 0 saturated carbocycles. The van der Waals surface area contributed by atoms with Gasteiger partial charge in [-0.25, -0.2) is 4.21 Å². The van der Waals surface area contributed by atoms with E-state index in [1.54, 1.807) is 0 Å². The average Bonchev–Trinajstić information content (AvgIpc) is 2.44. The van der Waals surface area contributed by atoms with E-state index in [1.165, 1.54) is 0 Å². The van der Waals surface area contributed by atoms with E-state index in [0.717, 1.165) is 25.1 Å². The molecule has 0 N–H and O–H groups in total. The van der Waals surface area contributed by atoms with Gasteiger partial charge in [0, 0.05) is 28.3 Å². The molecule has 1 rings (SSSR count). The zero-order valence-corrected chi connectivity index (χ0v) is 14.0. The zero-order valence-electron chi connectivity index (χ0n) is 12.4. The molecule has 0 aromatic heterocycles. The van der Waals surface area contributed by atoms with Crippen LogP contribution in [0.3, 0.4) is 0 Å². The Bertz CT molecular complexity index is 482. The lowest BCUT2D eigenvalue weighted by atomic mass is 10.2. The molecule has 0 spiro atoms. The minimum absolute atomic E-state index is 0.00408. The Balaban J connectivity index is 2.82. The Labute approximate surface area is 127 Å². The first kappa shape index (κ1) is 17.1. The van der Waals surface area contributed by atoms with Crippen molar-refractivity contribution in [3.8, 4) is 0 Å². The van der Waals surface area contributed by atoms with Crippen LogP contribution in [0.1, 0.15) is 32.8 Å². The molecule has 112 valence electrons. The first-order valence-corrected chi connectivity index (χ1v) is 9.57. The normalized spacial score (nSPS) is 12.2. The summed E-state index contributed by atoms with van der Waals surface area (Å²) in [5.41, 5.74) is 1.05. The fourth-order valence-corrected chi connectivity index (χ4v) is 4.17. The zero-order chi connectivity index (χ0) is 15.0. The van der Waals surface area contributed by atoms with Crippen LogP contribution in [0.2, 0.25) is 0 Å². The van der Waals surface area contributed by atoms with Crippen molar-refractivity contribution in [1.29, 1.82) is 0 Å². The highest BCUT2D eigenvalue weighted by molar-refractivity contribution is 8.38. The van der Waals surface area contributed by atoms with Crippen LogP contribution >= 0.6 is 0 Å². The Morgan fingerprint density at radius 3 is 2.45 bits per heavy atom. The third-order valence-corrected chi connectivity index (χ3v) is 5.44. The van der Waals surface area contributed by atoms with E-state index in [4.69, 9.17) is 0 Å². The maximum absolute atomic E-state index is 12.5. The summed E-state index contributed by atoms with van der Waals surface area (Å²) in [6.07, 6.45) is 0.921. The molecule has 0 saturated heterocycles. The minimum Gasteiger partial charge on any atom is -0.333 e. The molecule has 1 aromatic rings. The molecule has 5 heteroatoms. The van der Waals surface area contributed by atoms with Crippen molar-refractivity contribution in [3.05, 3.63) is 35.9 Å². The molecular formula is C15H23NO2S2. The van der Waals surface area contributed by atoms with Crippen LogP contribution in [0.4, 0.5) is 4.79 Å². The number of amides is 1. The number of nitrogens with zero attached hydrogens (tertiary/aromatic N) is 1. The smallest absolute Gasteiger partial charge is 0.288 e. The lowest BCUT2D eigenvalue weighted by molar-refractivity contribution is 0.215. The van der Waals surface area contributed by atoms with Crippen molar-refractivity contribution in [2.45, 2.75) is 32.9 Å². The standard InChI is InChI=1S/C15H23NO2S2/c1-4-10-16(11-13(2)3)15(17)20(19-18)12-14-8-6-5-7-9-14/h5-9,13H,4,10-12H2,1-3H3. The topological polar surface area (TPSA) is 37.4 Å². The Morgan fingerprint density at radius 1 is 1.30 bits per heavy atom. The van der Waals surface area contributed by atoms with Crippen LogP contribution in [0.5, 0.6) is 0 Å². The molecule has 1 amide bonds. The van der Waals surface area contributed by atoms with E-state index < -0.39 is 9.45 Å². The molecule has 0 fully saturated rings. The van der Waals surface area contributed by atoms with Gasteiger partial charge in [-0.2, -0.15) is 0 Å². The van der Waals surface area contributed by atoms with Crippen molar-refractivity contribution >= 4 is 24.9 Å². The number of hydrogen-bond acceptors (Lipinski definition) is 2. The first-order valence-electron chi connectivity index (χ1n) is 6.92. The summed E-state index contributed by atoms with van der Waals surface area (Å²) >= 11 is 0. The molecule has 0 aliphatic rings.